The molecule has 0 aliphatic carbocycles. The van der Waals surface area contributed by atoms with Crippen molar-refractivity contribution in [2.45, 2.75) is 45.8 Å². The highest BCUT2D eigenvalue weighted by atomic mass is 19.4. The van der Waals surface area contributed by atoms with Gasteiger partial charge in [0.05, 0.1) is 5.69 Å². The molecule has 0 radical (unpaired) electrons. The molecule has 1 fully saturated rings. The second-order valence-electron chi connectivity index (χ2n) is 8.10. The van der Waals surface area contributed by atoms with Gasteiger partial charge in [0.15, 0.2) is 0 Å². The Morgan fingerprint density at radius 3 is 2.35 bits per heavy atom. The number of rotatable bonds is 7. The van der Waals surface area contributed by atoms with Gasteiger partial charge >= 0.3 is 18.1 Å². The predicted octanol–water partition coefficient (Wildman–Crippen LogP) is 3.77. The number of aromatic nitrogens is 1. The number of carbonyl (C=O) groups is 2. The van der Waals surface area contributed by atoms with Crippen molar-refractivity contribution in [3.8, 4) is 11.3 Å². The number of hydrogen-bond donors (Lipinski definition) is 1. The summed E-state index contributed by atoms with van der Waals surface area (Å²) in [6, 6.07) is 9.31. The van der Waals surface area contributed by atoms with Gasteiger partial charge in [-0.05, 0) is 55.3 Å². The van der Waals surface area contributed by atoms with E-state index < -0.39 is 29.2 Å². The molecule has 184 valence electrons. The summed E-state index contributed by atoms with van der Waals surface area (Å²) in [5, 5.41) is 0. The van der Waals surface area contributed by atoms with E-state index in [9.17, 15) is 27.6 Å². The molecular weight excluding hydrogens is 451 g/mol. The number of esters is 2. The van der Waals surface area contributed by atoms with Crippen LogP contribution in [-0.4, -0.2) is 60.2 Å². The maximum absolute atomic E-state index is 12.4. The molecule has 0 saturated carbocycles. The number of nitrogens with zero attached hydrogens (tertiary/aromatic N) is 2. The fraction of sp³-hybridized carbons (Fsp3) is 0.458. The van der Waals surface area contributed by atoms with Crippen molar-refractivity contribution >= 4 is 17.6 Å². The Morgan fingerprint density at radius 2 is 1.79 bits per heavy atom. The third-order valence-corrected chi connectivity index (χ3v) is 6.15. The molecule has 1 atom stereocenters. The molecule has 3 rings (SSSR count). The van der Waals surface area contributed by atoms with Crippen LogP contribution < -0.4 is 10.5 Å². The number of hydrogen-bond acceptors (Lipinski definition) is 6. The third-order valence-electron chi connectivity index (χ3n) is 6.15. The lowest BCUT2D eigenvalue weighted by atomic mass is 10.0. The molecule has 1 aromatic heterocycles. The maximum Gasteiger partial charge on any atom is 0.491 e. The van der Waals surface area contributed by atoms with E-state index in [0.29, 0.717) is 29.3 Å². The summed E-state index contributed by atoms with van der Waals surface area (Å²) in [4.78, 5) is 42.7. The molecule has 0 amide bonds. The summed E-state index contributed by atoms with van der Waals surface area (Å²) in [7, 11) is 0. The van der Waals surface area contributed by atoms with Crippen molar-refractivity contribution in [3.63, 3.8) is 0 Å². The molecule has 1 saturated heterocycles. The average Bonchev–Trinajstić information content (AvgIpc) is 3.29. The van der Waals surface area contributed by atoms with Gasteiger partial charge in [0.1, 0.15) is 5.56 Å². The molecule has 34 heavy (non-hydrogen) atoms. The quantitative estimate of drug-likeness (QED) is 0.481. The number of nitrogens with one attached hydrogen (secondary N) is 1. The van der Waals surface area contributed by atoms with Crippen molar-refractivity contribution in [1.29, 1.82) is 0 Å². The van der Waals surface area contributed by atoms with E-state index >= 15 is 0 Å². The zero-order valence-electron chi connectivity index (χ0n) is 19.4. The first-order chi connectivity index (χ1) is 16.1. The summed E-state index contributed by atoms with van der Waals surface area (Å²) < 4.78 is 40.9. The first-order valence-corrected chi connectivity index (χ1v) is 11.3. The number of H-pyrrole nitrogens is 1. The zero-order chi connectivity index (χ0) is 25.0. The number of likely N-dealkylation sites (N-methyl/N-ethyl adjacent to an activating group) is 1. The summed E-state index contributed by atoms with van der Waals surface area (Å²) in [5.41, 5.74) is 1.15. The summed E-state index contributed by atoms with van der Waals surface area (Å²) >= 11 is 0. The van der Waals surface area contributed by atoms with Crippen molar-refractivity contribution in [2.75, 3.05) is 31.1 Å². The van der Waals surface area contributed by atoms with Gasteiger partial charge in [-0.1, -0.05) is 32.9 Å². The van der Waals surface area contributed by atoms with Crippen LogP contribution in [0.1, 0.15) is 43.1 Å². The fourth-order valence-corrected chi connectivity index (χ4v) is 4.31. The van der Waals surface area contributed by atoms with Crippen LogP contribution >= 0.6 is 0 Å². The molecule has 10 heteroatoms. The summed E-state index contributed by atoms with van der Waals surface area (Å²) in [6.07, 6.45) is -3.86. The van der Waals surface area contributed by atoms with Gasteiger partial charge in [0.25, 0.3) is 5.56 Å². The molecule has 1 aliphatic heterocycles. The normalized spacial score (nSPS) is 16.2. The number of ether oxygens (including phenoxy) is 1. The van der Waals surface area contributed by atoms with Crippen molar-refractivity contribution in [3.05, 3.63) is 51.8 Å². The number of aromatic amines is 1. The van der Waals surface area contributed by atoms with E-state index in [0.717, 1.165) is 38.3 Å². The molecule has 1 unspecified atom stereocenters. The Kier molecular flexibility index (Phi) is 7.81. The van der Waals surface area contributed by atoms with Crippen LogP contribution in [0.2, 0.25) is 0 Å². The van der Waals surface area contributed by atoms with Crippen LogP contribution in [0, 0.1) is 0 Å². The van der Waals surface area contributed by atoms with Crippen molar-refractivity contribution in [1.82, 2.24) is 9.88 Å². The van der Waals surface area contributed by atoms with Crippen LogP contribution in [0.15, 0.2) is 35.1 Å². The zero-order valence-corrected chi connectivity index (χ0v) is 19.4. The van der Waals surface area contributed by atoms with E-state index in [4.69, 9.17) is 0 Å². The molecule has 1 aromatic carbocycles. The summed E-state index contributed by atoms with van der Waals surface area (Å²) in [5.74, 6) is -4.31. The number of carbonyl (C=O) groups excluding carboxylic acids is 2. The van der Waals surface area contributed by atoms with E-state index in [2.05, 4.69) is 33.4 Å². The van der Waals surface area contributed by atoms with Crippen LogP contribution in [-0.2, 0) is 16.0 Å². The second kappa shape index (κ2) is 10.4. The van der Waals surface area contributed by atoms with Gasteiger partial charge in [-0.3, -0.25) is 9.69 Å². The minimum absolute atomic E-state index is 0.388. The van der Waals surface area contributed by atoms with Crippen LogP contribution in [0.3, 0.4) is 0 Å². The van der Waals surface area contributed by atoms with Gasteiger partial charge < -0.3 is 14.6 Å². The van der Waals surface area contributed by atoms with Crippen molar-refractivity contribution in [2.24, 2.45) is 0 Å². The highest BCUT2D eigenvalue weighted by Crippen LogP contribution is 2.28. The predicted molar refractivity (Wildman–Crippen MR) is 122 cm³/mol. The molecular formula is C24H28F3N3O4. The fourth-order valence-electron chi connectivity index (χ4n) is 4.31. The highest BCUT2D eigenvalue weighted by molar-refractivity contribution is 5.98. The minimum Gasteiger partial charge on any atom is -0.382 e. The Hall–Kier alpha value is -3.14. The Labute approximate surface area is 195 Å². The lowest BCUT2D eigenvalue weighted by Gasteiger charge is -2.26. The van der Waals surface area contributed by atoms with Crippen LogP contribution in [0.5, 0.6) is 0 Å². The smallest absolute Gasteiger partial charge is 0.382 e. The van der Waals surface area contributed by atoms with E-state index in [1.807, 2.05) is 24.3 Å². The number of benzene rings is 1. The molecule has 2 heterocycles. The number of aryl methyl sites for hydroxylation is 1. The molecule has 0 bridgehead atoms. The Bertz CT molecular complexity index is 1090. The van der Waals surface area contributed by atoms with E-state index in [1.54, 1.807) is 6.92 Å². The van der Waals surface area contributed by atoms with Gasteiger partial charge in [-0.2, -0.15) is 13.2 Å². The summed E-state index contributed by atoms with van der Waals surface area (Å²) in [6.45, 7) is 10.00. The maximum atomic E-state index is 12.4. The highest BCUT2D eigenvalue weighted by Gasteiger charge is 2.43. The largest absolute Gasteiger partial charge is 0.491 e. The Morgan fingerprint density at radius 1 is 1.15 bits per heavy atom. The number of anilines is 1. The van der Waals surface area contributed by atoms with Crippen LogP contribution in [0.4, 0.5) is 18.9 Å². The van der Waals surface area contributed by atoms with Crippen LogP contribution in [0.25, 0.3) is 11.3 Å². The second-order valence-corrected chi connectivity index (χ2v) is 8.10. The van der Waals surface area contributed by atoms with Crippen molar-refractivity contribution < 1.29 is 27.5 Å². The average molecular weight is 479 g/mol. The van der Waals surface area contributed by atoms with Gasteiger partial charge in [0.2, 0.25) is 0 Å². The molecule has 0 spiro atoms. The SMILES string of the molecule is CCc1cc(C(=O)OC(=O)C(F)(F)F)c(=O)[nH]c1-c1ccc(N2CCC(N(CC)CC)C2)cc1. The Balaban J connectivity index is 1.81. The van der Waals surface area contributed by atoms with Gasteiger partial charge in [0, 0.05) is 24.8 Å². The first-order valence-electron chi connectivity index (χ1n) is 11.3. The van der Waals surface area contributed by atoms with E-state index in [-0.39, 0.29) is 0 Å². The monoisotopic (exact) mass is 479 g/mol. The number of pyridine rings is 1. The minimum atomic E-state index is -5.33. The lowest BCUT2D eigenvalue weighted by molar-refractivity contribution is -0.193. The van der Waals surface area contributed by atoms with Gasteiger partial charge in [-0.15, -0.1) is 0 Å². The standard InChI is InChI=1S/C24H28F3N3O4/c1-4-15-13-19(22(32)34-23(33)24(25,26)27)21(31)28-20(15)16-7-9-17(10-8-16)30-12-11-18(14-30)29(5-2)6-3/h7-10,13,18H,4-6,11-12,14H2,1-3H3,(H,28,31). The lowest BCUT2D eigenvalue weighted by Crippen LogP contribution is -2.37. The number of halogens is 3. The molecule has 2 aromatic rings. The molecule has 1 N–H and O–H groups in total. The topological polar surface area (TPSA) is 82.7 Å². The third kappa shape index (κ3) is 5.49. The molecule has 7 nitrogen and oxygen atoms in total. The number of alkyl halides is 3. The van der Waals surface area contributed by atoms with E-state index in [1.165, 1.54) is 6.07 Å². The first kappa shape index (κ1) is 25.5. The van der Waals surface area contributed by atoms with Gasteiger partial charge in [-0.25, -0.2) is 9.59 Å². The molecule has 1 aliphatic rings.